The summed E-state index contributed by atoms with van der Waals surface area (Å²) >= 11 is 0. The van der Waals surface area contributed by atoms with Crippen LogP contribution in [0.5, 0.6) is 11.5 Å². The summed E-state index contributed by atoms with van der Waals surface area (Å²) in [6.45, 7) is 2.31. The van der Waals surface area contributed by atoms with Gasteiger partial charge in [-0.3, -0.25) is 0 Å². The Balaban J connectivity index is 1.70. The zero-order chi connectivity index (χ0) is 20.0. The standard InChI is InChI=1S/C21H26O7/c1-23-11-13-25-15-17-3-7-19(8-4-17)27-16-28-20-9-5-18(6-10-20)21(22)26-14-12-24-2/h3-10H,11-16H2,1-2H3. The average Bonchev–Trinajstić information content (AvgIpc) is 2.73. The van der Waals surface area contributed by atoms with Crippen LogP contribution in [0, 0.1) is 0 Å². The molecular formula is C21H26O7. The Labute approximate surface area is 165 Å². The molecule has 0 amide bonds. The number of esters is 1. The third-order valence-electron chi connectivity index (χ3n) is 3.69. The fourth-order valence-corrected chi connectivity index (χ4v) is 2.17. The first-order valence-electron chi connectivity index (χ1n) is 8.90. The maximum atomic E-state index is 11.8. The second kappa shape index (κ2) is 12.7. The van der Waals surface area contributed by atoms with Crippen molar-refractivity contribution in [3.63, 3.8) is 0 Å². The normalized spacial score (nSPS) is 10.5. The number of hydrogen-bond acceptors (Lipinski definition) is 7. The molecule has 2 aromatic carbocycles. The quantitative estimate of drug-likeness (QED) is 0.296. The molecule has 0 bridgehead atoms. The Hall–Kier alpha value is -2.61. The van der Waals surface area contributed by atoms with Crippen LogP contribution < -0.4 is 9.47 Å². The zero-order valence-corrected chi connectivity index (χ0v) is 16.2. The van der Waals surface area contributed by atoms with E-state index in [1.165, 1.54) is 0 Å². The van der Waals surface area contributed by atoms with Crippen molar-refractivity contribution in [1.29, 1.82) is 0 Å². The van der Waals surface area contributed by atoms with E-state index in [2.05, 4.69) is 0 Å². The Kier molecular flexibility index (Phi) is 9.85. The van der Waals surface area contributed by atoms with Crippen molar-refractivity contribution in [3.05, 3.63) is 59.7 Å². The van der Waals surface area contributed by atoms with Gasteiger partial charge >= 0.3 is 5.97 Å². The predicted molar refractivity (Wildman–Crippen MR) is 103 cm³/mol. The largest absolute Gasteiger partial charge is 0.460 e. The molecule has 7 heteroatoms. The van der Waals surface area contributed by atoms with Crippen molar-refractivity contribution < 1.29 is 33.2 Å². The number of benzene rings is 2. The second-order valence-corrected chi connectivity index (χ2v) is 5.75. The highest BCUT2D eigenvalue weighted by Crippen LogP contribution is 2.16. The maximum absolute atomic E-state index is 11.8. The van der Waals surface area contributed by atoms with Crippen LogP contribution in [0.4, 0.5) is 0 Å². The number of methoxy groups -OCH3 is 2. The van der Waals surface area contributed by atoms with Gasteiger partial charge in [-0.15, -0.1) is 0 Å². The molecule has 0 atom stereocenters. The van der Waals surface area contributed by atoms with Crippen molar-refractivity contribution in [1.82, 2.24) is 0 Å². The molecule has 2 aromatic rings. The number of rotatable bonds is 13. The molecule has 7 nitrogen and oxygen atoms in total. The fourth-order valence-electron chi connectivity index (χ4n) is 2.17. The number of carbonyl (C=O) groups is 1. The van der Waals surface area contributed by atoms with E-state index < -0.39 is 5.97 Å². The molecule has 152 valence electrons. The van der Waals surface area contributed by atoms with Crippen LogP contribution in [0.15, 0.2) is 48.5 Å². The third-order valence-corrected chi connectivity index (χ3v) is 3.69. The lowest BCUT2D eigenvalue weighted by atomic mass is 10.2. The Bertz CT molecular complexity index is 683. The lowest BCUT2D eigenvalue weighted by Crippen LogP contribution is -2.10. The summed E-state index contributed by atoms with van der Waals surface area (Å²) in [6.07, 6.45) is 0. The molecule has 28 heavy (non-hydrogen) atoms. The van der Waals surface area contributed by atoms with Crippen LogP contribution in [-0.4, -0.2) is 53.4 Å². The van der Waals surface area contributed by atoms with Crippen LogP contribution in [-0.2, 0) is 25.6 Å². The van der Waals surface area contributed by atoms with Crippen molar-refractivity contribution in [2.75, 3.05) is 47.4 Å². The summed E-state index contributed by atoms with van der Waals surface area (Å²) in [5.41, 5.74) is 1.50. The molecule has 0 aromatic heterocycles. The highest BCUT2D eigenvalue weighted by Gasteiger charge is 2.07. The van der Waals surface area contributed by atoms with E-state index in [0.717, 1.165) is 5.56 Å². The van der Waals surface area contributed by atoms with Crippen LogP contribution in [0.1, 0.15) is 15.9 Å². The maximum Gasteiger partial charge on any atom is 0.338 e. The summed E-state index contributed by atoms with van der Waals surface area (Å²) < 4.78 is 31.4. The van der Waals surface area contributed by atoms with Gasteiger partial charge in [-0.2, -0.15) is 0 Å². The van der Waals surface area contributed by atoms with Gasteiger partial charge in [-0.1, -0.05) is 12.1 Å². The van der Waals surface area contributed by atoms with Crippen LogP contribution in [0.3, 0.4) is 0 Å². The molecule has 0 fully saturated rings. The van der Waals surface area contributed by atoms with Crippen LogP contribution in [0.2, 0.25) is 0 Å². The van der Waals surface area contributed by atoms with E-state index in [9.17, 15) is 4.79 Å². The minimum Gasteiger partial charge on any atom is -0.460 e. The monoisotopic (exact) mass is 390 g/mol. The zero-order valence-electron chi connectivity index (χ0n) is 16.2. The molecule has 0 radical (unpaired) electrons. The molecule has 0 aliphatic rings. The summed E-state index contributed by atoms with van der Waals surface area (Å²) in [5.74, 6) is 0.890. The Morgan fingerprint density at radius 3 is 1.93 bits per heavy atom. The lowest BCUT2D eigenvalue weighted by molar-refractivity contribution is 0.0388. The first-order valence-corrected chi connectivity index (χ1v) is 8.90. The molecule has 0 saturated carbocycles. The van der Waals surface area contributed by atoms with Crippen molar-refractivity contribution in [2.24, 2.45) is 0 Å². The van der Waals surface area contributed by atoms with Gasteiger partial charge in [0, 0.05) is 14.2 Å². The van der Waals surface area contributed by atoms with Crippen molar-refractivity contribution >= 4 is 5.97 Å². The highest BCUT2D eigenvalue weighted by molar-refractivity contribution is 5.89. The minimum absolute atomic E-state index is 0.0569. The third kappa shape index (κ3) is 7.96. The van der Waals surface area contributed by atoms with E-state index in [-0.39, 0.29) is 13.4 Å². The summed E-state index contributed by atoms with van der Waals surface area (Å²) in [4.78, 5) is 11.8. The lowest BCUT2D eigenvalue weighted by Gasteiger charge is -2.10. The minimum atomic E-state index is -0.397. The molecule has 0 saturated heterocycles. The first-order chi connectivity index (χ1) is 13.7. The molecular weight excluding hydrogens is 364 g/mol. The Morgan fingerprint density at radius 1 is 0.750 bits per heavy atom. The van der Waals surface area contributed by atoms with Crippen molar-refractivity contribution in [3.8, 4) is 11.5 Å². The van der Waals surface area contributed by atoms with Gasteiger partial charge in [0.1, 0.15) is 18.1 Å². The van der Waals surface area contributed by atoms with E-state index in [0.29, 0.717) is 43.5 Å². The topological polar surface area (TPSA) is 72.5 Å². The highest BCUT2D eigenvalue weighted by atomic mass is 16.7. The molecule has 0 N–H and O–H groups in total. The predicted octanol–water partition coefficient (Wildman–Crippen LogP) is 3.07. The van der Waals surface area contributed by atoms with Gasteiger partial charge in [0.25, 0.3) is 0 Å². The van der Waals surface area contributed by atoms with E-state index in [1.54, 1.807) is 38.5 Å². The van der Waals surface area contributed by atoms with Gasteiger partial charge in [-0.25, -0.2) is 4.79 Å². The molecule has 2 rings (SSSR count). The average molecular weight is 390 g/mol. The first kappa shape index (κ1) is 21.7. The fraction of sp³-hybridized carbons (Fsp3) is 0.381. The second-order valence-electron chi connectivity index (χ2n) is 5.75. The van der Waals surface area contributed by atoms with Crippen LogP contribution in [0.25, 0.3) is 0 Å². The van der Waals surface area contributed by atoms with Gasteiger partial charge in [0.05, 0.1) is 32.0 Å². The van der Waals surface area contributed by atoms with E-state index in [4.69, 9.17) is 28.4 Å². The van der Waals surface area contributed by atoms with Gasteiger partial charge in [-0.05, 0) is 42.0 Å². The molecule has 0 aliphatic carbocycles. The van der Waals surface area contributed by atoms with Gasteiger partial charge in [0.2, 0.25) is 6.79 Å². The molecule has 0 spiro atoms. The van der Waals surface area contributed by atoms with E-state index in [1.807, 2.05) is 24.3 Å². The Morgan fingerprint density at radius 2 is 1.32 bits per heavy atom. The number of carbonyl (C=O) groups excluding carboxylic acids is 1. The SMILES string of the molecule is COCCOCc1ccc(OCOc2ccc(C(=O)OCCOC)cc2)cc1. The summed E-state index contributed by atoms with van der Waals surface area (Å²) in [5, 5.41) is 0. The number of ether oxygens (including phenoxy) is 6. The van der Waals surface area contributed by atoms with Crippen molar-refractivity contribution in [2.45, 2.75) is 6.61 Å². The van der Waals surface area contributed by atoms with Gasteiger partial charge in [0.15, 0.2) is 0 Å². The smallest absolute Gasteiger partial charge is 0.338 e. The molecule has 0 aliphatic heterocycles. The van der Waals surface area contributed by atoms with Crippen LogP contribution >= 0.6 is 0 Å². The summed E-state index contributed by atoms with van der Waals surface area (Å²) in [7, 11) is 3.19. The molecule has 0 unspecified atom stereocenters. The van der Waals surface area contributed by atoms with Gasteiger partial charge < -0.3 is 28.4 Å². The molecule has 0 heterocycles. The van der Waals surface area contributed by atoms with E-state index >= 15 is 0 Å². The number of hydrogen-bond donors (Lipinski definition) is 0. The summed E-state index contributed by atoms with van der Waals surface area (Å²) in [6, 6.07) is 14.3.